The number of rotatable bonds is 5. The molecule has 0 spiro atoms. The number of aromatic nitrogens is 1. The van der Waals surface area contributed by atoms with Gasteiger partial charge < -0.3 is 4.74 Å². The molecule has 1 aliphatic heterocycles. The van der Waals surface area contributed by atoms with Gasteiger partial charge in [-0.2, -0.15) is 0 Å². The number of benzene rings is 1. The molecule has 1 amide bonds. The van der Waals surface area contributed by atoms with Gasteiger partial charge in [0.2, 0.25) is 0 Å². The molecule has 1 fully saturated rings. The number of aliphatic imine (C=N–C) groups is 1. The quantitative estimate of drug-likeness (QED) is 0.589. The largest absolute Gasteiger partial charge is 0.497 e. The second kappa shape index (κ2) is 8.01. The molecule has 3 rings (SSSR count). The van der Waals surface area contributed by atoms with Crippen molar-refractivity contribution in [2.24, 2.45) is 4.99 Å². The number of amides is 1. The van der Waals surface area contributed by atoms with E-state index >= 15 is 0 Å². The predicted octanol–water partition coefficient (Wildman–Crippen LogP) is 4.19. The number of thioether (sulfide) groups is 1. The summed E-state index contributed by atoms with van der Waals surface area (Å²) in [6.07, 6.45) is 3.54. The first-order valence-electron chi connectivity index (χ1n) is 8.09. The molecule has 0 bridgehead atoms. The van der Waals surface area contributed by atoms with E-state index in [1.54, 1.807) is 18.1 Å². The van der Waals surface area contributed by atoms with Gasteiger partial charge in [-0.15, -0.1) is 6.58 Å². The lowest BCUT2D eigenvalue weighted by molar-refractivity contribution is -0.121. The average molecular weight is 365 g/mol. The van der Waals surface area contributed by atoms with Gasteiger partial charge in [-0.05, 0) is 54.6 Å². The van der Waals surface area contributed by atoms with Gasteiger partial charge in [-0.3, -0.25) is 9.69 Å². The summed E-state index contributed by atoms with van der Waals surface area (Å²) in [5.41, 5.74) is 1.81. The van der Waals surface area contributed by atoms with Crippen LogP contribution in [-0.4, -0.2) is 34.6 Å². The molecule has 26 heavy (non-hydrogen) atoms. The Morgan fingerprint density at radius 2 is 2.04 bits per heavy atom. The molecule has 5 nitrogen and oxygen atoms in total. The van der Waals surface area contributed by atoms with E-state index in [0.717, 1.165) is 17.0 Å². The first-order chi connectivity index (χ1) is 12.6. The van der Waals surface area contributed by atoms with E-state index in [9.17, 15) is 4.79 Å². The molecule has 2 aromatic rings. The monoisotopic (exact) mass is 365 g/mol. The highest BCUT2D eigenvalue weighted by molar-refractivity contribution is 8.18. The van der Waals surface area contributed by atoms with E-state index in [2.05, 4.69) is 16.6 Å². The van der Waals surface area contributed by atoms with Crippen molar-refractivity contribution in [3.05, 3.63) is 71.3 Å². The first kappa shape index (κ1) is 17.9. The van der Waals surface area contributed by atoms with Crippen LogP contribution in [0.25, 0.3) is 6.08 Å². The maximum Gasteiger partial charge on any atom is 0.267 e. The molecule has 1 saturated heterocycles. The van der Waals surface area contributed by atoms with Crippen LogP contribution >= 0.6 is 11.8 Å². The highest BCUT2D eigenvalue weighted by Crippen LogP contribution is 2.34. The Kier molecular flexibility index (Phi) is 5.53. The molecule has 0 atom stereocenters. The third-order valence-corrected chi connectivity index (χ3v) is 4.70. The fourth-order valence-corrected chi connectivity index (χ4v) is 3.42. The number of hydrogen-bond donors (Lipinski definition) is 0. The Balaban J connectivity index is 1.92. The zero-order valence-corrected chi connectivity index (χ0v) is 15.5. The van der Waals surface area contributed by atoms with Crippen LogP contribution in [0.4, 0.5) is 5.82 Å². The summed E-state index contributed by atoms with van der Waals surface area (Å²) < 4.78 is 5.16. The standard InChI is InChI=1S/C20H19N3O2S/c1-4-12-23-19(24)17(13-15-8-10-16(25-3)11-9-15)26-20(23)22-18-7-5-6-14(2)21-18/h4-11,13H,1,12H2,2-3H3/b17-13-,22-20+. The van der Waals surface area contributed by atoms with Crippen LogP contribution in [0.2, 0.25) is 0 Å². The summed E-state index contributed by atoms with van der Waals surface area (Å²) in [6.45, 7) is 6.04. The zero-order valence-electron chi connectivity index (χ0n) is 14.7. The molecule has 0 saturated carbocycles. The lowest BCUT2D eigenvalue weighted by atomic mass is 10.2. The molecule has 0 unspecified atom stereocenters. The van der Waals surface area contributed by atoms with Gasteiger partial charge in [0.25, 0.3) is 5.91 Å². The summed E-state index contributed by atoms with van der Waals surface area (Å²) in [5, 5.41) is 0.604. The molecule has 0 aliphatic carbocycles. The molecular weight excluding hydrogens is 346 g/mol. The fourth-order valence-electron chi connectivity index (χ4n) is 2.42. The van der Waals surface area contributed by atoms with Crippen molar-refractivity contribution in [2.75, 3.05) is 13.7 Å². The number of carbonyl (C=O) groups excluding carboxylic acids is 1. The van der Waals surface area contributed by atoms with E-state index < -0.39 is 0 Å². The molecule has 2 heterocycles. The maximum absolute atomic E-state index is 12.8. The second-order valence-corrected chi connectivity index (χ2v) is 6.63. The minimum Gasteiger partial charge on any atom is -0.497 e. The van der Waals surface area contributed by atoms with E-state index in [0.29, 0.717) is 22.4 Å². The highest BCUT2D eigenvalue weighted by atomic mass is 32.2. The van der Waals surface area contributed by atoms with Crippen LogP contribution in [0, 0.1) is 6.92 Å². The Morgan fingerprint density at radius 3 is 2.69 bits per heavy atom. The van der Waals surface area contributed by atoms with E-state index in [-0.39, 0.29) is 5.91 Å². The van der Waals surface area contributed by atoms with E-state index in [4.69, 9.17) is 4.74 Å². The molecule has 0 N–H and O–H groups in total. The van der Waals surface area contributed by atoms with Crippen LogP contribution < -0.4 is 4.74 Å². The van der Waals surface area contributed by atoms with Gasteiger partial charge in [-0.1, -0.05) is 24.3 Å². The van der Waals surface area contributed by atoms with Crippen LogP contribution in [0.5, 0.6) is 5.75 Å². The number of hydrogen-bond acceptors (Lipinski definition) is 5. The molecule has 0 radical (unpaired) electrons. The lowest BCUT2D eigenvalue weighted by Gasteiger charge is -2.12. The van der Waals surface area contributed by atoms with Gasteiger partial charge in [0, 0.05) is 12.2 Å². The SMILES string of the molecule is C=CCN1C(=O)/C(=C/c2ccc(OC)cc2)S/C1=N/c1cccc(C)n1. The number of amidine groups is 1. The van der Waals surface area contributed by atoms with Crippen molar-refractivity contribution in [3.8, 4) is 5.75 Å². The number of pyridine rings is 1. The molecule has 1 aromatic carbocycles. The highest BCUT2D eigenvalue weighted by Gasteiger charge is 2.32. The van der Waals surface area contributed by atoms with Gasteiger partial charge in [-0.25, -0.2) is 9.98 Å². The van der Waals surface area contributed by atoms with Crippen LogP contribution in [0.1, 0.15) is 11.3 Å². The van der Waals surface area contributed by atoms with Crippen molar-refractivity contribution in [3.63, 3.8) is 0 Å². The minimum absolute atomic E-state index is 0.0860. The first-order valence-corrected chi connectivity index (χ1v) is 8.91. The molecule has 1 aliphatic rings. The zero-order chi connectivity index (χ0) is 18.5. The van der Waals surface area contributed by atoms with Crippen molar-refractivity contribution < 1.29 is 9.53 Å². The van der Waals surface area contributed by atoms with Gasteiger partial charge >= 0.3 is 0 Å². The summed E-state index contributed by atoms with van der Waals surface area (Å²) in [4.78, 5) is 23.9. The lowest BCUT2D eigenvalue weighted by Crippen LogP contribution is -2.29. The number of carbonyl (C=O) groups is 1. The fraction of sp³-hybridized carbons (Fsp3) is 0.150. The second-order valence-electron chi connectivity index (χ2n) is 5.62. The van der Waals surface area contributed by atoms with Gasteiger partial charge in [0.15, 0.2) is 11.0 Å². The smallest absolute Gasteiger partial charge is 0.267 e. The van der Waals surface area contributed by atoms with Crippen LogP contribution in [-0.2, 0) is 4.79 Å². The third-order valence-electron chi connectivity index (χ3n) is 3.70. The molecule has 6 heteroatoms. The Morgan fingerprint density at radius 1 is 1.27 bits per heavy atom. The van der Waals surface area contributed by atoms with Gasteiger partial charge in [0.1, 0.15) is 5.75 Å². The molecule has 132 valence electrons. The number of ether oxygens (including phenoxy) is 1. The Bertz CT molecular complexity index is 888. The van der Waals surface area contributed by atoms with Crippen molar-refractivity contribution >= 4 is 34.7 Å². The third kappa shape index (κ3) is 4.03. The minimum atomic E-state index is -0.0860. The van der Waals surface area contributed by atoms with Crippen LogP contribution in [0.15, 0.2) is 65.0 Å². The van der Waals surface area contributed by atoms with Crippen molar-refractivity contribution in [1.82, 2.24) is 9.88 Å². The predicted molar refractivity (Wildman–Crippen MR) is 107 cm³/mol. The Labute approximate surface area is 157 Å². The van der Waals surface area contributed by atoms with E-state index in [1.165, 1.54) is 11.8 Å². The summed E-state index contributed by atoms with van der Waals surface area (Å²) in [7, 11) is 1.62. The summed E-state index contributed by atoms with van der Waals surface area (Å²) in [5.74, 6) is 1.27. The maximum atomic E-state index is 12.8. The molecule has 1 aromatic heterocycles. The van der Waals surface area contributed by atoms with E-state index in [1.807, 2.05) is 55.5 Å². The van der Waals surface area contributed by atoms with Crippen LogP contribution in [0.3, 0.4) is 0 Å². The number of aryl methyl sites for hydroxylation is 1. The topological polar surface area (TPSA) is 54.8 Å². The normalized spacial score (nSPS) is 17.2. The average Bonchev–Trinajstić information content (AvgIpc) is 2.91. The summed E-state index contributed by atoms with van der Waals surface area (Å²) >= 11 is 1.34. The Hall–Kier alpha value is -2.86. The number of nitrogens with zero attached hydrogens (tertiary/aromatic N) is 3. The van der Waals surface area contributed by atoms with Crippen molar-refractivity contribution in [1.29, 1.82) is 0 Å². The summed E-state index contributed by atoms with van der Waals surface area (Å²) in [6, 6.07) is 13.2. The number of methoxy groups -OCH3 is 1. The molecular formula is C20H19N3O2S. The van der Waals surface area contributed by atoms with Gasteiger partial charge in [0.05, 0.1) is 12.0 Å². The van der Waals surface area contributed by atoms with Crippen molar-refractivity contribution in [2.45, 2.75) is 6.92 Å².